The van der Waals surface area contributed by atoms with Gasteiger partial charge in [-0.2, -0.15) is 0 Å². The van der Waals surface area contributed by atoms with Crippen LogP contribution in [-0.2, 0) is 43.2 Å². The summed E-state index contributed by atoms with van der Waals surface area (Å²) in [5, 5.41) is -0.683. The van der Waals surface area contributed by atoms with Gasteiger partial charge in [-0.15, -0.1) is 11.6 Å². The molecule has 3 atom stereocenters. The summed E-state index contributed by atoms with van der Waals surface area (Å²) in [6.45, 7) is 4.98. The number of nitrogens with one attached hydrogen (secondary N) is 1. The van der Waals surface area contributed by atoms with Gasteiger partial charge < -0.3 is 24.3 Å². The number of β-lactam (4-membered cyclic amide) rings is 1. The highest BCUT2D eigenvalue weighted by atomic mass is 35.5. The number of thiocarbonyl (C=S) groups is 1. The Hall–Kier alpha value is -4.01. The summed E-state index contributed by atoms with van der Waals surface area (Å²) < 4.78 is 47.8. The van der Waals surface area contributed by atoms with E-state index in [1.807, 2.05) is 12.1 Å². The maximum Gasteiger partial charge on any atom is 0.408 e. The smallest absolute Gasteiger partial charge is 0.408 e. The number of esters is 2. The first-order chi connectivity index (χ1) is 21.6. The first-order valence-electron chi connectivity index (χ1n) is 14.1. The lowest BCUT2D eigenvalue weighted by atomic mass is 10.0. The van der Waals surface area contributed by atoms with Crippen LogP contribution in [0.15, 0.2) is 71.9 Å². The van der Waals surface area contributed by atoms with Crippen molar-refractivity contribution in [3.05, 3.63) is 83.1 Å². The highest BCUT2D eigenvalue weighted by Crippen LogP contribution is 2.40. The molecule has 246 valence electrons. The van der Waals surface area contributed by atoms with Gasteiger partial charge in [0.25, 0.3) is 0 Å². The molecule has 0 bridgehead atoms. The molecule has 0 saturated carbocycles. The van der Waals surface area contributed by atoms with E-state index in [4.69, 9.17) is 42.8 Å². The standard InChI is InChI=1S/C31H33ClN2O10S2/c1-18(35)41-15-21-17-46(39,40)27-23(32)26(36)34(27)24(21)29(45)42-16-22(33-30(38)44-31(2,3)4)28(37)43-25(19-11-7-5-8-12-19)20-13-9-6-10-14-20/h5-14,22-23,25,27H,15-17H2,1-4H3,(H,33,38)/t22?,23-,27?/m0/s1. The number of alkyl carbamates (subject to hydrolysis) is 1. The van der Waals surface area contributed by atoms with Gasteiger partial charge in [-0.3, -0.25) is 14.5 Å². The zero-order chi connectivity index (χ0) is 33.8. The molecule has 0 spiro atoms. The monoisotopic (exact) mass is 692 g/mol. The zero-order valence-corrected chi connectivity index (χ0v) is 27.8. The van der Waals surface area contributed by atoms with Crippen molar-refractivity contribution in [3.8, 4) is 0 Å². The predicted octanol–water partition coefficient (Wildman–Crippen LogP) is 3.58. The van der Waals surface area contributed by atoms with Gasteiger partial charge in [-0.25, -0.2) is 18.0 Å². The van der Waals surface area contributed by atoms with Gasteiger partial charge >= 0.3 is 18.0 Å². The van der Waals surface area contributed by atoms with Crippen molar-refractivity contribution in [2.24, 2.45) is 0 Å². The second kappa shape index (κ2) is 14.2. The number of ether oxygens (including phenoxy) is 4. The molecular weight excluding hydrogens is 660 g/mol. The molecule has 2 aromatic rings. The number of halogens is 1. The van der Waals surface area contributed by atoms with E-state index in [9.17, 15) is 27.6 Å². The number of sulfone groups is 1. The highest BCUT2D eigenvalue weighted by Gasteiger charge is 2.59. The number of amides is 2. The molecule has 2 aliphatic rings. The lowest BCUT2D eigenvalue weighted by molar-refractivity contribution is -0.151. The van der Waals surface area contributed by atoms with Crippen LogP contribution < -0.4 is 5.32 Å². The van der Waals surface area contributed by atoms with Crippen molar-refractivity contribution in [3.63, 3.8) is 0 Å². The lowest BCUT2D eigenvalue weighted by Crippen LogP contribution is -2.68. The van der Waals surface area contributed by atoms with E-state index < -0.39 is 81.2 Å². The average Bonchev–Trinajstić information content (AvgIpc) is 2.99. The number of carbonyl (C=O) groups is 4. The minimum atomic E-state index is -3.95. The molecule has 15 heteroatoms. The fourth-order valence-corrected chi connectivity index (χ4v) is 7.63. The molecule has 4 rings (SSSR count). The Bertz CT molecular complexity index is 1600. The first-order valence-corrected chi connectivity index (χ1v) is 16.7. The normalized spacial score (nSPS) is 19.3. The molecule has 2 aromatic carbocycles. The van der Waals surface area contributed by atoms with Crippen molar-refractivity contribution in [2.75, 3.05) is 19.0 Å². The third-order valence-electron chi connectivity index (χ3n) is 6.74. The first kappa shape index (κ1) is 34.9. The molecule has 12 nitrogen and oxygen atoms in total. The largest absolute Gasteiger partial charge is 0.479 e. The lowest BCUT2D eigenvalue weighted by Gasteiger charge is -2.47. The van der Waals surface area contributed by atoms with E-state index >= 15 is 0 Å². The van der Waals surface area contributed by atoms with E-state index in [1.54, 1.807) is 69.3 Å². The van der Waals surface area contributed by atoms with E-state index in [-0.39, 0.29) is 16.3 Å². The fraction of sp³-hybridized carbons (Fsp3) is 0.387. The van der Waals surface area contributed by atoms with E-state index in [1.165, 1.54) is 0 Å². The van der Waals surface area contributed by atoms with Gasteiger partial charge in [0.15, 0.2) is 27.4 Å². The van der Waals surface area contributed by atoms with Crippen molar-refractivity contribution >= 4 is 62.6 Å². The Balaban J connectivity index is 1.62. The molecule has 0 radical (unpaired) electrons. The minimum absolute atomic E-state index is 0.0131. The van der Waals surface area contributed by atoms with Gasteiger partial charge in [-0.1, -0.05) is 60.7 Å². The number of benzene rings is 2. The second-order valence-electron chi connectivity index (χ2n) is 11.5. The number of hydrogen-bond donors (Lipinski definition) is 1. The Kier molecular flexibility index (Phi) is 10.7. The summed E-state index contributed by atoms with van der Waals surface area (Å²) in [6.07, 6.45) is -1.80. The molecular formula is C31H33ClN2O10S2. The summed E-state index contributed by atoms with van der Waals surface area (Å²) in [4.78, 5) is 51.6. The quantitative estimate of drug-likeness (QED) is 0.128. The average molecular weight is 693 g/mol. The van der Waals surface area contributed by atoms with E-state index in [0.717, 1.165) is 11.8 Å². The molecule has 0 aromatic heterocycles. The van der Waals surface area contributed by atoms with Crippen LogP contribution in [0.25, 0.3) is 0 Å². The number of rotatable bonds is 10. The third kappa shape index (κ3) is 8.22. The van der Waals surface area contributed by atoms with Crippen LogP contribution in [-0.4, -0.2) is 83.7 Å². The van der Waals surface area contributed by atoms with Crippen molar-refractivity contribution in [2.45, 2.75) is 56.2 Å². The molecule has 0 aliphatic carbocycles. The second-order valence-corrected chi connectivity index (χ2v) is 14.4. The number of hydrogen-bond acceptors (Lipinski definition) is 11. The van der Waals surface area contributed by atoms with Crippen LogP contribution in [0, 0.1) is 0 Å². The SMILES string of the molecule is CC(=O)OCC1=C(C(=S)OCC(NC(=O)OC(C)(C)C)C(=O)OC(c2ccccc2)c2ccccc2)N2C(=O)[C@H](Cl)C2S(=O)(=O)C1. The maximum absolute atomic E-state index is 13.7. The maximum atomic E-state index is 13.7. The third-order valence-corrected chi connectivity index (χ3v) is 9.59. The molecule has 1 saturated heterocycles. The van der Waals surface area contributed by atoms with Gasteiger partial charge in [0.05, 0.1) is 5.75 Å². The van der Waals surface area contributed by atoms with Gasteiger partial charge in [0.1, 0.15) is 29.9 Å². The Morgan fingerprint density at radius 2 is 1.59 bits per heavy atom. The zero-order valence-electron chi connectivity index (χ0n) is 25.4. The van der Waals surface area contributed by atoms with Crippen molar-refractivity contribution in [1.29, 1.82) is 0 Å². The minimum Gasteiger partial charge on any atom is -0.479 e. The molecule has 1 N–H and O–H groups in total. The van der Waals surface area contributed by atoms with Crippen LogP contribution in [0.1, 0.15) is 44.9 Å². The van der Waals surface area contributed by atoms with Gasteiger partial charge in [0, 0.05) is 12.5 Å². The number of fused-ring (bicyclic) bond motifs is 1. The Morgan fingerprint density at radius 3 is 2.11 bits per heavy atom. The molecule has 2 heterocycles. The number of carbonyl (C=O) groups excluding carboxylic acids is 4. The van der Waals surface area contributed by atoms with Crippen LogP contribution in [0.3, 0.4) is 0 Å². The van der Waals surface area contributed by atoms with Gasteiger partial charge in [0.2, 0.25) is 11.0 Å². The molecule has 2 aliphatic heterocycles. The summed E-state index contributed by atoms with van der Waals surface area (Å²) in [5.74, 6) is -2.94. The van der Waals surface area contributed by atoms with Crippen LogP contribution in [0.4, 0.5) is 4.79 Å². The highest BCUT2D eigenvalue weighted by molar-refractivity contribution is 7.92. The fourth-order valence-electron chi connectivity index (χ4n) is 4.75. The summed E-state index contributed by atoms with van der Waals surface area (Å²) in [7, 11) is -3.95. The Morgan fingerprint density at radius 1 is 1.02 bits per heavy atom. The van der Waals surface area contributed by atoms with Crippen molar-refractivity contribution in [1.82, 2.24) is 10.2 Å². The molecule has 2 unspecified atom stereocenters. The number of nitrogens with zero attached hydrogens (tertiary/aromatic N) is 1. The topological polar surface area (TPSA) is 155 Å². The van der Waals surface area contributed by atoms with E-state index in [2.05, 4.69) is 5.32 Å². The van der Waals surface area contributed by atoms with E-state index in [0.29, 0.717) is 11.1 Å². The predicted molar refractivity (Wildman–Crippen MR) is 170 cm³/mol. The molecule has 46 heavy (non-hydrogen) atoms. The molecule has 1 fully saturated rings. The number of alkyl halides is 1. The molecule has 2 amide bonds. The van der Waals surface area contributed by atoms with Crippen molar-refractivity contribution < 1.29 is 46.5 Å². The summed E-state index contributed by atoms with van der Waals surface area (Å²) in [5.41, 5.74) is 0.294. The summed E-state index contributed by atoms with van der Waals surface area (Å²) >= 11 is 11.5. The summed E-state index contributed by atoms with van der Waals surface area (Å²) in [6, 6.07) is 16.4. The van der Waals surface area contributed by atoms with Crippen LogP contribution >= 0.6 is 23.8 Å². The van der Waals surface area contributed by atoms with Crippen LogP contribution in [0.2, 0.25) is 0 Å². The van der Waals surface area contributed by atoms with Crippen LogP contribution in [0.5, 0.6) is 0 Å². The Labute approximate surface area is 276 Å². The van der Waals surface area contributed by atoms with Gasteiger partial charge in [-0.05, 0) is 44.1 Å².